The number of benzene rings is 2. The van der Waals surface area contributed by atoms with Crippen molar-refractivity contribution >= 4 is 28.4 Å². The van der Waals surface area contributed by atoms with Crippen LogP contribution < -0.4 is 4.90 Å². The number of carbonyl (C=O) groups is 2. The maximum Gasteiger partial charge on any atom is 0.255 e. The van der Waals surface area contributed by atoms with Gasteiger partial charge >= 0.3 is 0 Å². The van der Waals surface area contributed by atoms with Gasteiger partial charge in [0.15, 0.2) is 0 Å². The van der Waals surface area contributed by atoms with Crippen molar-refractivity contribution in [1.29, 1.82) is 0 Å². The first-order valence-electron chi connectivity index (χ1n) is 9.62. The van der Waals surface area contributed by atoms with Gasteiger partial charge in [-0.05, 0) is 49.2 Å². The molecule has 1 aliphatic rings. The second-order valence-electron chi connectivity index (χ2n) is 7.12. The summed E-state index contributed by atoms with van der Waals surface area (Å²) >= 11 is 0. The first kappa shape index (κ1) is 18.2. The molecule has 0 N–H and O–H groups in total. The van der Waals surface area contributed by atoms with Crippen LogP contribution in [0, 0.1) is 6.92 Å². The number of hydrogen-bond acceptors (Lipinski definition) is 3. The quantitative estimate of drug-likeness (QED) is 0.705. The zero-order chi connectivity index (χ0) is 19.7. The van der Waals surface area contributed by atoms with Gasteiger partial charge in [0.1, 0.15) is 6.54 Å². The number of para-hydroxylation sites is 1. The average Bonchev–Trinajstić information content (AvgIpc) is 2.72. The van der Waals surface area contributed by atoms with E-state index >= 15 is 0 Å². The highest BCUT2D eigenvalue weighted by atomic mass is 16.2. The number of piperazine rings is 1. The van der Waals surface area contributed by atoms with E-state index in [-0.39, 0.29) is 18.4 Å². The Balaban J connectivity index is 1.63. The molecule has 1 aromatic heterocycles. The summed E-state index contributed by atoms with van der Waals surface area (Å²) in [5.74, 6) is -0.167. The normalized spacial score (nSPS) is 14.6. The van der Waals surface area contributed by atoms with Crippen LogP contribution in [0.15, 0.2) is 54.6 Å². The minimum atomic E-state index is -0.107. The zero-order valence-corrected chi connectivity index (χ0v) is 16.2. The summed E-state index contributed by atoms with van der Waals surface area (Å²) in [5.41, 5.74) is 4.28. The molecule has 2 heterocycles. The van der Waals surface area contributed by atoms with Gasteiger partial charge in [-0.15, -0.1) is 0 Å². The summed E-state index contributed by atoms with van der Waals surface area (Å²) < 4.78 is 0. The van der Waals surface area contributed by atoms with Crippen molar-refractivity contribution in [1.82, 2.24) is 9.88 Å². The molecule has 5 nitrogen and oxygen atoms in total. The van der Waals surface area contributed by atoms with Crippen LogP contribution >= 0.6 is 0 Å². The topological polar surface area (TPSA) is 53.5 Å². The first-order valence-corrected chi connectivity index (χ1v) is 9.62. The maximum absolute atomic E-state index is 13.3. The molecule has 1 aliphatic heterocycles. The first-order chi connectivity index (χ1) is 13.6. The largest absolute Gasteiger partial charge is 0.328 e. The molecule has 1 saturated heterocycles. The van der Waals surface area contributed by atoms with Gasteiger partial charge in [-0.2, -0.15) is 0 Å². The van der Waals surface area contributed by atoms with Crippen molar-refractivity contribution in [3.63, 3.8) is 0 Å². The van der Waals surface area contributed by atoms with Crippen molar-refractivity contribution in [2.45, 2.75) is 20.3 Å². The number of hydrogen-bond donors (Lipinski definition) is 0. The molecule has 4 rings (SSSR count). The van der Waals surface area contributed by atoms with Crippen LogP contribution in [-0.4, -0.2) is 41.3 Å². The molecule has 2 aromatic carbocycles. The Morgan fingerprint density at radius 2 is 1.86 bits per heavy atom. The molecule has 28 heavy (non-hydrogen) atoms. The Hall–Kier alpha value is -3.21. The van der Waals surface area contributed by atoms with Gasteiger partial charge < -0.3 is 9.80 Å². The van der Waals surface area contributed by atoms with E-state index in [0.29, 0.717) is 18.7 Å². The molecule has 142 valence electrons. The molecule has 0 saturated carbocycles. The fourth-order valence-corrected chi connectivity index (χ4v) is 3.70. The zero-order valence-electron chi connectivity index (χ0n) is 16.2. The Bertz CT molecular complexity index is 1050. The number of fused-ring (bicyclic) bond motifs is 1. The molecule has 1 fully saturated rings. The van der Waals surface area contributed by atoms with E-state index in [1.165, 1.54) is 0 Å². The number of carbonyl (C=O) groups excluding carboxylic acids is 2. The summed E-state index contributed by atoms with van der Waals surface area (Å²) in [6, 6.07) is 17.5. The molecule has 0 bridgehead atoms. The molecule has 5 heteroatoms. The van der Waals surface area contributed by atoms with E-state index in [1.807, 2.05) is 61.5 Å². The lowest BCUT2D eigenvalue weighted by atomic mass is 10.0. The van der Waals surface area contributed by atoms with Crippen LogP contribution in [0.2, 0.25) is 0 Å². The summed E-state index contributed by atoms with van der Waals surface area (Å²) in [7, 11) is 0. The van der Waals surface area contributed by atoms with E-state index in [9.17, 15) is 9.59 Å². The lowest BCUT2D eigenvalue weighted by Gasteiger charge is -2.34. The van der Waals surface area contributed by atoms with Gasteiger partial charge in [-0.1, -0.05) is 31.2 Å². The van der Waals surface area contributed by atoms with E-state index < -0.39 is 0 Å². The van der Waals surface area contributed by atoms with Gasteiger partial charge in [-0.25, -0.2) is 0 Å². The third-order valence-corrected chi connectivity index (χ3v) is 5.22. The van der Waals surface area contributed by atoms with Crippen molar-refractivity contribution in [3.8, 4) is 0 Å². The molecule has 0 unspecified atom stereocenters. The molecule has 3 aromatic rings. The number of amides is 2. The highest BCUT2D eigenvalue weighted by molar-refractivity contribution is 6.08. The predicted molar refractivity (Wildman–Crippen MR) is 111 cm³/mol. The van der Waals surface area contributed by atoms with E-state index in [0.717, 1.165) is 34.3 Å². The fraction of sp³-hybridized carbons (Fsp3) is 0.261. The number of aryl methyl sites for hydroxylation is 2. The Morgan fingerprint density at radius 3 is 2.57 bits per heavy atom. The highest BCUT2D eigenvalue weighted by Crippen LogP contribution is 2.24. The third-order valence-electron chi connectivity index (χ3n) is 5.22. The number of rotatable bonds is 3. The van der Waals surface area contributed by atoms with Crippen molar-refractivity contribution in [2.75, 3.05) is 24.5 Å². The highest BCUT2D eigenvalue weighted by Gasteiger charge is 2.29. The second kappa shape index (κ2) is 7.43. The van der Waals surface area contributed by atoms with E-state index in [4.69, 9.17) is 0 Å². The van der Waals surface area contributed by atoms with Crippen molar-refractivity contribution in [3.05, 3.63) is 71.4 Å². The van der Waals surface area contributed by atoms with Crippen molar-refractivity contribution in [2.24, 2.45) is 0 Å². The second-order valence-corrected chi connectivity index (χ2v) is 7.12. The van der Waals surface area contributed by atoms with E-state index in [1.54, 1.807) is 9.80 Å². The van der Waals surface area contributed by atoms with Gasteiger partial charge in [0, 0.05) is 29.9 Å². The van der Waals surface area contributed by atoms with Gasteiger partial charge in [0.25, 0.3) is 5.91 Å². The SMILES string of the molecule is CCc1ccc2nc(C)cc(C(=O)N3CCN(c4ccccc4)C(=O)C3)c2c1. The molecule has 0 radical (unpaired) electrons. The molecule has 2 amide bonds. The summed E-state index contributed by atoms with van der Waals surface area (Å²) in [6.45, 7) is 5.07. The smallest absolute Gasteiger partial charge is 0.255 e. The number of anilines is 1. The number of nitrogens with zero attached hydrogens (tertiary/aromatic N) is 3. The van der Waals surface area contributed by atoms with E-state index in [2.05, 4.69) is 11.9 Å². The standard InChI is InChI=1S/C23H23N3O2/c1-3-17-9-10-21-19(14-17)20(13-16(2)24-21)23(28)25-11-12-26(22(27)15-25)18-7-5-4-6-8-18/h4-10,13-14H,3,11-12,15H2,1-2H3. The predicted octanol–water partition coefficient (Wildman–Crippen LogP) is 3.59. The Labute approximate surface area is 164 Å². The molecule has 0 aliphatic carbocycles. The Morgan fingerprint density at radius 1 is 1.07 bits per heavy atom. The maximum atomic E-state index is 13.3. The summed E-state index contributed by atoms with van der Waals surface area (Å²) in [5, 5.41) is 0.855. The third kappa shape index (κ3) is 3.36. The monoisotopic (exact) mass is 373 g/mol. The van der Waals surface area contributed by atoms with Crippen LogP contribution in [-0.2, 0) is 11.2 Å². The van der Waals surface area contributed by atoms with Gasteiger partial charge in [0.05, 0.1) is 11.1 Å². The minimum Gasteiger partial charge on any atom is -0.328 e. The van der Waals surface area contributed by atoms with Crippen LogP contribution in [0.1, 0.15) is 28.5 Å². The van der Waals surface area contributed by atoms with Crippen LogP contribution in [0.25, 0.3) is 10.9 Å². The molecule has 0 spiro atoms. The molecule has 0 atom stereocenters. The number of aromatic nitrogens is 1. The lowest BCUT2D eigenvalue weighted by molar-refractivity contribution is -0.120. The summed E-state index contributed by atoms with van der Waals surface area (Å²) in [6.07, 6.45) is 0.895. The fourth-order valence-electron chi connectivity index (χ4n) is 3.70. The number of pyridine rings is 1. The molecular formula is C23H23N3O2. The summed E-state index contributed by atoms with van der Waals surface area (Å²) in [4.78, 5) is 33.9. The van der Waals surface area contributed by atoms with Crippen LogP contribution in [0.4, 0.5) is 5.69 Å². The van der Waals surface area contributed by atoms with Gasteiger partial charge in [0.2, 0.25) is 5.91 Å². The van der Waals surface area contributed by atoms with Crippen LogP contribution in [0.3, 0.4) is 0 Å². The minimum absolute atomic E-state index is 0.0601. The molecular weight excluding hydrogens is 350 g/mol. The average molecular weight is 373 g/mol. The van der Waals surface area contributed by atoms with Crippen LogP contribution in [0.5, 0.6) is 0 Å². The lowest BCUT2D eigenvalue weighted by Crippen LogP contribution is -2.52. The van der Waals surface area contributed by atoms with Crippen molar-refractivity contribution < 1.29 is 9.59 Å². The Kier molecular flexibility index (Phi) is 4.82. The van der Waals surface area contributed by atoms with Gasteiger partial charge in [-0.3, -0.25) is 14.6 Å².